The van der Waals surface area contributed by atoms with E-state index in [1.165, 1.54) is 31.0 Å². The third-order valence-corrected chi connectivity index (χ3v) is 5.80. The second kappa shape index (κ2) is 10.3. The van der Waals surface area contributed by atoms with Crippen LogP contribution in [0.5, 0.6) is 5.75 Å². The van der Waals surface area contributed by atoms with Crippen LogP contribution in [-0.4, -0.2) is 40.2 Å². The van der Waals surface area contributed by atoms with Gasteiger partial charge in [0.05, 0.1) is 43.4 Å². The predicted molar refractivity (Wildman–Crippen MR) is 132 cm³/mol. The Balaban J connectivity index is 1.61. The number of nitrogens with one attached hydrogen (secondary N) is 1. The zero-order valence-corrected chi connectivity index (χ0v) is 20.0. The van der Waals surface area contributed by atoms with Crippen LogP contribution in [0.15, 0.2) is 70.4 Å². The average Bonchev–Trinajstić information content (AvgIpc) is 2.92. The fraction of sp³-hybridized carbons (Fsp3) is 0.192. The topological polar surface area (TPSA) is 122 Å². The van der Waals surface area contributed by atoms with Gasteiger partial charge in [0.25, 0.3) is 11.5 Å². The van der Waals surface area contributed by atoms with Crippen LogP contribution in [0.25, 0.3) is 10.9 Å². The number of esters is 1. The summed E-state index contributed by atoms with van der Waals surface area (Å²) < 4.78 is 12.2. The Kier molecular flexibility index (Phi) is 6.95. The molecule has 0 bridgehead atoms. The summed E-state index contributed by atoms with van der Waals surface area (Å²) in [6.45, 7) is 0.256. The highest BCUT2D eigenvalue weighted by molar-refractivity contribution is 5.95. The predicted octanol–water partition coefficient (Wildman–Crippen LogP) is 1.87. The summed E-state index contributed by atoms with van der Waals surface area (Å²) >= 11 is 0. The van der Waals surface area contributed by atoms with Crippen molar-refractivity contribution in [2.75, 3.05) is 14.2 Å². The first-order valence-corrected chi connectivity index (χ1v) is 11.0. The quantitative estimate of drug-likeness (QED) is 0.394. The molecule has 0 saturated carbocycles. The van der Waals surface area contributed by atoms with Crippen molar-refractivity contribution in [2.24, 2.45) is 7.05 Å². The largest absolute Gasteiger partial charge is 0.497 e. The first-order chi connectivity index (χ1) is 17.3. The molecule has 10 heteroatoms. The van der Waals surface area contributed by atoms with Crippen LogP contribution >= 0.6 is 0 Å². The van der Waals surface area contributed by atoms with Gasteiger partial charge in [-0.1, -0.05) is 24.3 Å². The van der Waals surface area contributed by atoms with Gasteiger partial charge in [-0.2, -0.15) is 0 Å². The lowest BCUT2D eigenvalue weighted by molar-refractivity contribution is 0.0600. The number of methoxy groups -OCH3 is 2. The van der Waals surface area contributed by atoms with Gasteiger partial charge in [0, 0.05) is 13.6 Å². The highest BCUT2D eigenvalue weighted by Gasteiger charge is 2.16. The molecule has 0 fully saturated rings. The molecule has 1 amide bonds. The molecule has 4 aromatic rings. The Bertz CT molecular complexity index is 1550. The number of ether oxygens (including phenoxy) is 2. The van der Waals surface area contributed by atoms with E-state index in [2.05, 4.69) is 15.0 Å². The van der Waals surface area contributed by atoms with E-state index >= 15 is 0 Å². The van der Waals surface area contributed by atoms with Crippen LogP contribution in [-0.2, 0) is 24.9 Å². The second-order valence-electron chi connectivity index (χ2n) is 8.04. The van der Waals surface area contributed by atoms with Gasteiger partial charge in [0.2, 0.25) is 0 Å². The lowest BCUT2D eigenvalue weighted by atomic mass is 10.1. The van der Waals surface area contributed by atoms with Crippen molar-refractivity contribution in [2.45, 2.75) is 13.1 Å². The van der Waals surface area contributed by atoms with Gasteiger partial charge in [0.1, 0.15) is 11.4 Å². The van der Waals surface area contributed by atoms with Crippen LogP contribution in [0.2, 0.25) is 0 Å². The molecule has 0 radical (unpaired) electrons. The molecule has 184 valence electrons. The van der Waals surface area contributed by atoms with Crippen LogP contribution < -0.4 is 21.3 Å². The summed E-state index contributed by atoms with van der Waals surface area (Å²) in [5, 5.41) is 2.97. The first kappa shape index (κ1) is 24.4. The minimum atomic E-state index is -0.545. The van der Waals surface area contributed by atoms with E-state index in [0.717, 1.165) is 10.1 Å². The van der Waals surface area contributed by atoms with Crippen molar-refractivity contribution in [3.63, 3.8) is 0 Å². The SMILES string of the molecule is COC(=O)c1ccc(Cn2c(=O)c3cc(C(=O)NCc4ccc(OC)cc4)ncc3n(C)c2=O)cc1. The van der Waals surface area contributed by atoms with Gasteiger partial charge in [0.15, 0.2) is 0 Å². The molecule has 0 aliphatic heterocycles. The fourth-order valence-electron chi connectivity index (χ4n) is 3.73. The van der Waals surface area contributed by atoms with E-state index in [9.17, 15) is 19.2 Å². The Morgan fingerprint density at radius 3 is 2.28 bits per heavy atom. The number of carbonyl (C=O) groups excluding carboxylic acids is 2. The summed E-state index contributed by atoms with van der Waals surface area (Å²) in [5.74, 6) is -0.223. The van der Waals surface area contributed by atoms with Crippen LogP contribution in [0.3, 0.4) is 0 Å². The molecule has 10 nitrogen and oxygen atoms in total. The summed E-state index contributed by atoms with van der Waals surface area (Å²) in [7, 11) is 4.40. The van der Waals surface area contributed by atoms with E-state index < -0.39 is 23.1 Å². The molecule has 0 aliphatic rings. The molecule has 2 aromatic carbocycles. The minimum absolute atomic E-state index is 0.00970. The third kappa shape index (κ3) is 4.88. The molecule has 0 atom stereocenters. The van der Waals surface area contributed by atoms with Crippen LogP contribution in [0.1, 0.15) is 32.0 Å². The number of rotatable bonds is 7. The standard InChI is InChI=1S/C26H24N4O6/c1-29-22-14-27-21(23(31)28-13-16-6-10-19(35-2)11-7-16)12-20(22)24(32)30(26(29)34)15-17-4-8-18(9-5-17)25(33)36-3/h4-12,14H,13,15H2,1-3H3,(H,28,31). The van der Waals surface area contributed by atoms with E-state index in [1.54, 1.807) is 43.5 Å². The zero-order chi connectivity index (χ0) is 25.8. The summed E-state index contributed by atoms with van der Waals surface area (Å²) in [5.41, 5.74) is 1.17. The first-order valence-electron chi connectivity index (χ1n) is 11.0. The maximum absolute atomic E-state index is 13.2. The molecule has 4 rings (SSSR count). The number of aryl methyl sites for hydroxylation is 1. The highest BCUT2D eigenvalue weighted by Crippen LogP contribution is 2.12. The monoisotopic (exact) mass is 488 g/mol. The number of hydrogen-bond acceptors (Lipinski definition) is 7. The van der Waals surface area contributed by atoms with Crippen LogP contribution in [0, 0.1) is 0 Å². The number of aromatic nitrogens is 3. The van der Waals surface area contributed by atoms with Crippen molar-refractivity contribution >= 4 is 22.8 Å². The number of pyridine rings is 1. The van der Waals surface area contributed by atoms with Gasteiger partial charge in [-0.15, -0.1) is 0 Å². The van der Waals surface area contributed by atoms with Crippen molar-refractivity contribution < 1.29 is 19.1 Å². The molecule has 1 N–H and O–H groups in total. The van der Waals surface area contributed by atoms with Crippen molar-refractivity contribution in [1.82, 2.24) is 19.4 Å². The fourth-order valence-corrected chi connectivity index (χ4v) is 3.73. The normalized spacial score (nSPS) is 10.8. The maximum atomic E-state index is 13.2. The third-order valence-electron chi connectivity index (χ3n) is 5.80. The van der Waals surface area contributed by atoms with E-state index in [-0.39, 0.29) is 24.2 Å². The van der Waals surface area contributed by atoms with Gasteiger partial charge in [-0.3, -0.25) is 18.7 Å². The molecule has 2 heterocycles. The van der Waals surface area contributed by atoms with E-state index in [1.807, 2.05) is 12.1 Å². The Labute approximate surface area is 205 Å². The molecular weight excluding hydrogens is 464 g/mol. The average molecular weight is 489 g/mol. The van der Waals surface area contributed by atoms with Crippen LogP contribution in [0.4, 0.5) is 0 Å². The zero-order valence-electron chi connectivity index (χ0n) is 20.0. The number of nitrogens with zero attached hydrogens (tertiary/aromatic N) is 3. The van der Waals surface area contributed by atoms with Crippen molar-refractivity contribution in [1.29, 1.82) is 0 Å². The van der Waals surface area contributed by atoms with E-state index in [0.29, 0.717) is 22.4 Å². The number of amides is 1. The molecule has 0 spiro atoms. The van der Waals surface area contributed by atoms with Gasteiger partial charge in [-0.25, -0.2) is 14.6 Å². The minimum Gasteiger partial charge on any atom is -0.497 e. The lowest BCUT2D eigenvalue weighted by Gasteiger charge is -2.12. The molecule has 0 aliphatic carbocycles. The van der Waals surface area contributed by atoms with Crippen molar-refractivity contribution in [3.8, 4) is 5.75 Å². The smallest absolute Gasteiger partial charge is 0.337 e. The van der Waals surface area contributed by atoms with E-state index in [4.69, 9.17) is 4.74 Å². The Morgan fingerprint density at radius 2 is 1.64 bits per heavy atom. The molecule has 2 aromatic heterocycles. The summed E-state index contributed by atoms with van der Waals surface area (Å²) in [6.07, 6.45) is 1.34. The van der Waals surface area contributed by atoms with Gasteiger partial charge < -0.3 is 14.8 Å². The Morgan fingerprint density at radius 1 is 0.972 bits per heavy atom. The second-order valence-corrected chi connectivity index (χ2v) is 8.04. The lowest BCUT2D eigenvalue weighted by Crippen LogP contribution is -2.39. The number of hydrogen-bond donors (Lipinski definition) is 1. The van der Waals surface area contributed by atoms with Gasteiger partial charge in [-0.05, 0) is 41.5 Å². The molecule has 36 heavy (non-hydrogen) atoms. The molecule has 0 unspecified atom stereocenters. The maximum Gasteiger partial charge on any atom is 0.337 e. The number of carbonyl (C=O) groups is 2. The summed E-state index contributed by atoms with van der Waals surface area (Å²) in [4.78, 5) is 54.7. The number of benzene rings is 2. The summed E-state index contributed by atoms with van der Waals surface area (Å²) in [6, 6.07) is 15.1. The number of fused-ring (bicyclic) bond motifs is 1. The highest BCUT2D eigenvalue weighted by atomic mass is 16.5. The Hall–Kier alpha value is -4.73. The molecule has 0 saturated heterocycles. The molecular formula is C26H24N4O6. The van der Waals surface area contributed by atoms with Gasteiger partial charge >= 0.3 is 11.7 Å². The van der Waals surface area contributed by atoms with Crippen molar-refractivity contribution in [3.05, 3.63) is 104 Å².